The zero-order valence-electron chi connectivity index (χ0n) is 13.2. The first-order valence-electron chi connectivity index (χ1n) is 8.22. The number of benzene rings is 1. The lowest BCUT2D eigenvalue weighted by molar-refractivity contribution is 0.177. The maximum atomic E-state index is 3.91. The van der Waals surface area contributed by atoms with E-state index in [1.807, 2.05) is 0 Å². The van der Waals surface area contributed by atoms with Crippen LogP contribution in [0.4, 0.5) is 0 Å². The molecule has 1 aromatic rings. The quantitative estimate of drug-likeness (QED) is 0.905. The fraction of sp³-hybridized carbons (Fsp3) is 0.667. The molecule has 1 aromatic carbocycles. The third-order valence-corrected chi connectivity index (χ3v) is 5.06. The van der Waals surface area contributed by atoms with Gasteiger partial charge < -0.3 is 5.32 Å². The summed E-state index contributed by atoms with van der Waals surface area (Å²) in [7, 11) is 0. The summed E-state index contributed by atoms with van der Waals surface area (Å²) in [6.07, 6.45) is 5.52. The molecule has 3 unspecified atom stereocenters. The zero-order chi connectivity index (χ0) is 14.1. The highest BCUT2D eigenvalue weighted by Gasteiger charge is 2.35. The second-order valence-corrected chi connectivity index (χ2v) is 6.80. The van der Waals surface area contributed by atoms with Crippen LogP contribution in [0.5, 0.6) is 0 Å². The maximum Gasteiger partial charge on any atom is 0.0295 e. The van der Waals surface area contributed by atoms with E-state index in [-0.39, 0.29) is 0 Å². The summed E-state index contributed by atoms with van der Waals surface area (Å²) < 4.78 is 0. The lowest BCUT2D eigenvalue weighted by atomic mass is 9.96. The third kappa shape index (κ3) is 2.91. The third-order valence-electron chi connectivity index (χ3n) is 5.06. The van der Waals surface area contributed by atoms with Crippen molar-refractivity contribution >= 4 is 0 Å². The number of fused-ring (bicyclic) bond motifs is 1. The molecule has 2 aliphatic heterocycles. The van der Waals surface area contributed by atoms with Gasteiger partial charge in [0.15, 0.2) is 0 Å². The Morgan fingerprint density at radius 3 is 2.55 bits per heavy atom. The summed E-state index contributed by atoms with van der Waals surface area (Å²) in [4.78, 5) is 2.70. The monoisotopic (exact) mass is 272 g/mol. The summed E-state index contributed by atoms with van der Waals surface area (Å²) in [5.74, 6) is 0. The number of hydrogen-bond donors (Lipinski definition) is 1. The van der Waals surface area contributed by atoms with Crippen molar-refractivity contribution in [2.45, 2.75) is 64.6 Å². The molecule has 0 saturated carbocycles. The predicted octanol–water partition coefficient (Wildman–Crippen LogP) is 3.58. The Hall–Kier alpha value is -0.860. The molecule has 0 spiro atoms. The molecule has 2 aliphatic rings. The van der Waals surface area contributed by atoms with Crippen LogP contribution in [0.15, 0.2) is 18.2 Å². The van der Waals surface area contributed by atoms with Crippen LogP contribution in [-0.4, -0.2) is 30.1 Å². The van der Waals surface area contributed by atoms with Crippen LogP contribution in [0, 0.1) is 13.8 Å². The predicted molar refractivity (Wildman–Crippen MR) is 85.1 cm³/mol. The lowest BCUT2D eigenvalue weighted by Gasteiger charge is -2.34. The van der Waals surface area contributed by atoms with Crippen LogP contribution in [-0.2, 0) is 0 Å². The average Bonchev–Trinajstić information content (AvgIpc) is 2.81. The lowest BCUT2D eigenvalue weighted by Crippen LogP contribution is -2.45. The molecule has 3 atom stereocenters. The first-order valence-corrected chi connectivity index (χ1v) is 8.22. The number of nitrogens with zero attached hydrogens (tertiary/aromatic N) is 1. The number of aryl methyl sites for hydroxylation is 2. The minimum Gasteiger partial charge on any atom is -0.306 e. The smallest absolute Gasteiger partial charge is 0.0295 e. The van der Waals surface area contributed by atoms with Crippen molar-refractivity contribution in [2.75, 3.05) is 13.1 Å². The van der Waals surface area contributed by atoms with Crippen molar-refractivity contribution in [2.24, 2.45) is 0 Å². The van der Waals surface area contributed by atoms with Gasteiger partial charge in [-0.15, -0.1) is 0 Å². The molecule has 2 heteroatoms. The fourth-order valence-electron chi connectivity index (χ4n) is 4.12. The summed E-state index contributed by atoms with van der Waals surface area (Å²) >= 11 is 0. The van der Waals surface area contributed by atoms with Gasteiger partial charge in [0.1, 0.15) is 0 Å². The van der Waals surface area contributed by atoms with E-state index >= 15 is 0 Å². The van der Waals surface area contributed by atoms with Crippen LogP contribution in [0.25, 0.3) is 0 Å². The number of rotatable bonds is 3. The second kappa shape index (κ2) is 5.87. The molecule has 0 amide bonds. The molecular formula is C18H28N2. The van der Waals surface area contributed by atoms with Crippen LogP contribution < -0.4 is 5.32 Å². The van der Waals surface area contributed by atoms with E-state index in [0.717, 1.165) is 6.04 Å². The van der Waals surface area contributed by atoms with Crippen molar-refractivity contribution in [1.82, 2.24) is 10.2 Å². The van der Waals surface area contributed by atoms with Gasteiger partial charge in [0.2, 0.25) is 0 Å². The van der Waals surface area contributed by atoms with E-state index < -0.39 is 0 Å². The molecular weight excluding hydrogens is 244 g/mol. The van der Waals surface area contributed by atoms with E-state index in [1.54, 1.807) is 0 Å². The van der Waals surface area contributed by atoms with Crippen LogP contribution in [0.2, 0.25) is 0 Å². The Kier molecular flexibility index (Phi) is 4.13. The Balaban J connectivity index is 1.68. The van der Waals surface area contributed by atoms with E-state index in [0.29, 0.717) is 12.1 Å². The SMILES string of the molecule is Cc1cc(C)cc(C(C)NC2CCN3CCCCC23)c1. The van der Waals surface area contributed by atoms with E-state index in [1.165, 1.54) is 55.5 Å². The fourth-order valence-corrected chi connectivity index (χ4v) is 4.12. The Morgan fingerprint density at radius 1 is 1.05 bits per heavy atom. The zero-order valence-corrected chi connectivity index (χ0v) is 13.2. The second-order valence-electron chi connectivity index (χ2n) is 6.80. The molecule has 1 N–H and O–H groups in total. The van der Waals surface area contributed by atoms with Crippen LogP contribution in [0.3, 0.4) is 0 Å². The molecule has 0 aromatic heterocycles. The molecule has 0 bridgehead atoms. The topological polar surface area (TPSA) is 15.3 Å². The first kappa shape index (κ1) is 14.1. The van der Waals surface area contributed by atoms with Gasteiger partial charge >= 0.3 is 0 Å². The Bertz CT molecular complexity index is 448. The van der Waals surface area contributed by atoms with Crippen molar-refractivity contribution in [3.63, 3.8) is 0 Å². The van der Waals surface area contributed by atoms with Gasteiger partial charge in [-0.05, 0) is 52.1 Å². The standard InChI is InChI=1S/C18H28N2/c1-13-10-14(2)12-16(11-13)15(3)19-17-7-9-20-8-5-4-6-18(17)20/h10-12,15,17-19H,4-9H2,1-3H3. The van der Waals surface area contributed by atoms with Crippen molar-refractivity contribution in [3.8, 4) is 0 Å². The summed E-state index contributed by atoms with van der Waals surface area (Å²) in [5, 5.41) is 3.91. The Morgan fingerprint density at radius 2 is 1.80 bits per heavy atom. The van der Waals surface area contributed by atoms with Gasteiger partial charge in [-0.3, -0.25) is 4.90 Å². The molecule has 2 saturated heterocycles. The van der Waals surface area contributed by atoms with Crippen molar-refractivity contribution < 1.29 is 0 Å². The van der Waals surface area contributed by atoms with E-state index in [4.69, 9.17) is 0 Å². The molecule has 2 heterocycles. The highest BCUT2D eigenvalue weighted by molar-refractivity contribution is 5.30. The summed E-state index contributed by atoms with van der Waals surface area (Å²) in [6, 6.07) is 8.86. The molecule has 3 rings (SSSR count). The molecule has 2 nitrogen and oxygen atoms in total. The van der Waals surface area contributed by atoms with E-state index in [2.05, 4.69) is 49.2 Å². The highest BCUT2D eigenvalue weighted by atomic mass is 15.2. The molecule has 0 radical (unpaired) electrons. The van der Waals surface area contributed by atoms with E-state index in [9.17, 15) is 0 Å². The number of piperidine rings is 1. The average molecular weight is 272 g/mol. The van der Waals surface area contributed by atoms with Crippen LogP contribution >= 0.6 is 0 Å². The first-order chi connectivity index (χ1) is 9.63. The van der Waals surface area contributed by atoms with Gasteiger partial charge in [0.05, 0.1) is 0 Å². The van der Waals surface area contributed by atoms with Gasteiger partial charge in [0, 0.05) is 24.7 Å². The minimum atomic E-state index is 0.459. The van der Waals surface area contributed by atoms with Crippen LogP contribution in [0.1, 0.15) is 55.3 Å². The maximum absolute atomic E-state index is 3.91. The minimum absolute atomic E-state index is 0.459. The van der Waals surface area contributed by atoms with Gasteiger partial charge in [-0.1, -0.05) is 35.7 Å². The van der Waals surface area contributed by atoms with Gasteiger partial charge in [-0.25, -0.2) is 0 Å². The highest BCUT2D eigenvalue weighted by Crippen LogP contribution is 2.29. The molecule has 0 aliphatic carbocycles. The van der Waals surface area contributed by atoms with Crippen molar-refractivity contribution in [3.05, 3.63) is 34.9 Å². The molecule has 110 valence electrons. The molecule has 2 fully saturated rings. The Labute approximate surface area is 123 Å². The number of hydrogen-bond acceptors (Lipinski definition) is 2. The normalized spacial score (nSPS) is 28.4. The van der Waals surface area contributed by atoms with Gasteiger partial charge in [-0.2, -0.15) is 0 Å². The summed E-state index contributed by atoms with van der Waals surface area (Å²) in [5.41, 5.74) is 4.19. The summed E-state index contributed by atoms with van der Waals surface area (Å²) in [6.45, 7) is 9.33. The molecule has 20 heavy (non-hydrogen) atoms. The van der Waals surface area contributed by atoms with Crippen molar-refractivity contribution in [1.29, 1.82) is 0 Å². The number of nitrogens with one attached hydrogen (secondary N) is 1. The van der Waals surface area contributed by atoms with Gasteiger partial charge in [0.25, 0.3) is 0 Å². The largest absolute Gasteiger partial charge is 0.306 e.